The van der Waals surface area contributed by atoms with Crippen molar-refractivity contribution < 1.29 is 9.18 Å². The Bertz CT molecular complexity index is 228. The topological polar surface area (TPSA) is 58.4 Å². The molecule has 0 aliphatic carbocycles. The molecular weight excluding hydrogens is 149 g/mol. The number of nitrogens with zero attached hydrogens (tertiary/aromatic N) is 1. The van der Waals surface area contributed by atoms with E-state index in [1.54, 1.807) is 7.05 Å². The minimum atomic E-state index is -1.37. The fourth-order valence-corrected chi connectivity index (χ4v) is 0.910. The average Bonchev–Trinajstić information content (AvgIpc) is 2.08. The highest BCUT2D eigenvalue weighted by molar-refractivity contribution is 5.87. The van der Waals surface area contributed by atoms with Gasteiger partial charge in [-0.2, -0.15) is 0 Å². The van der Waals surface area contributed by atoms with Gasteiger partial charge in [-0.25, -0.2) is 9.82 Å². The van der Waals surface area contributed by atoms with Gasteiger partial charge in [0.1, 0.15) is 5.83 Å². The molecule has 0 aromatic heterocycles. The summed E-state index contributed by atoms with van der Waals surface area (Å²) in [4.78, 5) is 10.7. The van der Waals surface area contributed by atoms with Crippen molar-refractivity contribution in [1.29, 1.82) is 0 Å². The van der Waals surface area contributed by atoms with Gasteiger partial charge in [0.15, 0.2) is 5.54 Å². The lowest BCUT2D eigenvalue weighted by atomic mass is 10.0. The van der Waals surface area contributed by atoms with E-state index < -0.39 is 17.3 Å². The van der Waals surface area contributed by atoms with Gasteiger partial charge in [0.2, 0.25) is 5.91 Å². The molecule has 0 saturated carbocycles. The van der Waals surface area contributed by atoms with Gasteiger partial charge in [0, 0.05) is 13.2 Å². The molecule has 62 valence electrons. The fraction of sp³-hybridized carbons (Fsp3) is 0.500. The zero-order valence-corrected chi connectivity index (χ0v) is 6.39. The van der Waals surface area contributed by atoms with Crippen molar-refractivity contribution in [2.24, 2.45) is 5.73 Å². The molecule has 0 radical (unpaired) electrons. The van der Waals surface area contributed by atoms with Crippen molar-refractivity contribution in [2.75, 3.05) is 7.05 Å². The first-order valence-corrected chi connectivity index (χ1v) is 3.15. The molecule has 5 heteroatoms. The summed E-state index contributed by atoms with van der Waals surface area (Å²) in [5, 5.41) is 1.36. The second-order valence-electron chi connectivity index (χ2n) is 2.69. The molecule has 1 amide bonds. The number of amides is 1. The van der Waals surface area contributed by atoms with Gasteiger partial charge in [0.05, 0.1) is 0 Å². The Labute approximate surface area is 63.8 Å². The fourth-order valence-electron chi connectivity index (χ4n) is 0.910. The highest BCUT2D eigenvalue weighted by Gasteiger charge is 2.41. The molecule has 0 fully saturated rings. The summed E-state index contributed by atoms with van der Waals surface area (Å²) in [6.07, 6.45) is 1.19. The number of rotatable bonds is 1. The van der Waals surface area contributed by atoms with Crippen molar-refractivity contribution >= 4 is 5.91 Å². The van der Waals surface area contributed by atoms with Crippen LogP contribution in [0.25, 0.3) is 0 Å². The average molecular weight is 159 g/mol. The van der Waals surface area contributed by atoms with E-state index in [1.165, 1.54) is 18.1 Å². The molecule has 1 aliphatic heterocycles. The predicted molar refractivity (Wildman–Crippen MR) is 37.7 cm³/mol. The van der Waals surface area contributed by atoms with Crippen LogP contribution >= 0.6 is 0 Å². The summed E-state index contributed by atoms with van der Waals surface area (Å²) in [5.41, 5.74) is 6.18. The van der Waals surface area contributed by atoms with Gasteiger partial charge < -0.3 is 10.7 Å². The van der Waals surface area contributed by atoms with Crippen LogP contribution in [0.3, 0.4) is 0 Å². The highest BCUT2D eigenvalue weighted by atomic mass is 19.1. The van der Waals surface area contributed by atoms with Crippen LogP contribution in [-0.4, -0.2) is 23.5 Å². The standard InChI is InChI=1S/C6H10FN3O/c1-6(5(8)11)4(7)3-10(2)9-6/h3,9H,1-2H3,(H2,8,11). The third-order valence-electron chi connectivity index (χ3n) is 1.68. The molecule has 1 aliphatic rings. The van der Waals surface area contributed by atoms with Gasteiger partial charge in [-0.1, -0.05) is 0 Å². The quantitative estimate of drug-likeness (QED) is 0.542. The SMILES string of the molecule is CN1C=C(F)C(C)(C(N)=O)N1. The largest absolute Gasteiger partial charge is 0.368 e. The number of nitrogens with one attached hydrogen (secondary N) is 1. The molecule has 0 aromatic carbocycles. The van der Waals surface area contributed by atoms with Crippen LogP contribution in [0.5, 0.6) is 0 Å². The molecular formula is C6H10FN3O. The van der Waals surface area contributed by atoms with Crippen LogP contribution in [0.1, 0.15) is 6.92 Å². The smallest absolute Gasteiger partial charge is 0.246 e. The Kier molecular flexibility index (Phi) is 1.60. The van der Waals surface area contributed by atoms with E-state index in [0.717, 1.165) is 0 Å². The highest BCUT2D eigenvalue weighted by Crippen LogP contribution is 2.23. The summed E-state index contributed by atoms with van der Waals surface area (Å²) in [6.45, 7) is 1.39. The van der Waals surface area contributed by atoms with Gasteiger partial charge >= 0.3 is 0 Å². The van der Waals surface area contributed by atoms with Crippen molar-refractivity contribution in [3.8, 4) is 0 Å². The lowest BCUT2D eigenvalue weighted by Crippen LogP contribution is -2.53. The monoisotopic (exact) mass is 159 g/mol. The molecule has 11 heavy (non-hydrogen) atoms. The van der Waals surface area contributed by atoms with E-state index in [0.29, 0.717) is 0 Å². The Balaban J connectivity index is 2.92. The lowest BCUT2D eigenvalue weighted by molar-refractivity contribution is -0.123. The van der Waals surface area contributed by atoms with Crippen molar-refractivity contribution in [2.45, 2.75) is 12.5 Å². The molecule has 0 spiro atoms. The molecule has 1 heterocycles. The van der Waals surface area contributed by atoms with Crippen LogP contribution in [0.2, 0.25) is 0 Å². The number of hydrogen-bond acceptors (Lipinski definition) is 3. The first-order chi connectivity index (χ1) is 4.97. The van der Waals surface area contributed by atoms with Crippen molar-refractivity contribution in [3.05, 3.63) is 12.0 Å². The Morgan fingerprint density at radius 3 is 2.64 bits per heavy atom. The number of carbonyl (C=O) groups excluding carboxylic acids is 1. The summed E-state index contributed by atoms with van der Waals surface area (Å²) < 4.78 is 12.9. The molecule has 4 nitrogen and oxygen atoms in total. The van der Waals surface area contributed by atoms with E-state index >= 15 is 0 Å². The minimum absolute atomic E-state index is 0.562. The maximum atomic E-state index is 12.9. The number of halogens is 1. The third kappa shape index (κ3) is 1.07. The molecule has 1 rings (SSSR count). The van der Waals surface area contributed by atoms with Gasteiger partial charge in [-0.15, -0.1) is 0 Å². The zero-order chi connectivity index (χ0) is 8.65. The first kappa shape index (κ1) is 8.00. The zero-order valence-electron chi connectivity index (χ0n) is 6.39. The Hall–Kier alpha value is -1.10. The second-order valence-corrected chi connectivity index (χ2v) is 2.69. The van der Waals surface area contributed by atoms with Crippen LogP contribution in [0.15, 0.2) is 12.0 Å². The predicted octanol–water partition coefficient (Wildman–Crippen LogP) is -0.509. The normalized spacial score (nSPS) is 30.5. The van der Waals surface area contributed by atoms with E-state index in [2.05, 4.69) is 5.43 Å². The van der Waals surface area contributed by atoms with E-state index in [4.69, 9.17) is 5.73 Å². The summed E-state index contributed by atoms with van der Waals surface area (Å²) in [5.74, 6) is -1.29. The van der Waals surface area contributed by atoms with E-state index in [-0.39, 0.29) is 0 Å². The third-order valence-corrected chi connectivity index (χ3v) is 1.68. The van der Waals surface area contributed by atoms with Gasteiger partial charge in [-0.3, -0.25) is 4.79 Å². The summed E-state index contributed by atoms with van der Waals surface area (Å²) >= 11 is 0. The molecule has 1 unspecified atom stereocenters. The molecule has 0 saturated heterocycles. The Morgan fingerprint density at radius 2 is 2.45 bits per heavy atom. The number of primary amides is 1. The molecule has 1 atom stereocenters. The van der Waals surface area contributed by atoms with Gasteiger partial charge in [0.25, 0.3) is 0 Å². The Morgan fingerprint density at radius 1 is 1.91 bits per heavy atom. The number of carbonyl (C=O) groups is 1. The van der Waals surface area contributed by atoms with Gasteiger partial charge in [-0.05, 0) is 6.92 Å². The van der Waals surface area contributed by atoms with Crippen molar-refractivity contribution in [1.82, 2.24) is 10.4 Å². The molecule has 3 N–H and O–H groups in total. The van der Waals surface area contributed by atoms with E-state index in [9.17, 15) is 9.18 Å². The lowest BCUT2D eigenvalue weighted by Gasteiger charge is -2.21. The van der Waals surface area contributed by atoms with Crippen LogP contribution < -0.4 is 11.2 Å². The van der Waals surface area contributed by atoms with Crippen LogP contribution in [0.4, 0.5) is 4.39 Å². The first-order valence-electron chi connectivity index (χ1n) is 3.15. The van der Waals surface area contributed by atoms with E-state index in [1.807, 2.05) is 0 Å². The summed E-state index contributed by atoms with van der Waals surface area (Å²) in [6, 6.07) is 0. The summed E-state index contributed by atoms with van der Waals surface area (Å²) in [7, 11) is 1.59. The number of nitrogens with two attached hydrogens (primary N) is 1. The molecule has 0 aromatic rings. The van der Waals surface area contributed by atoms with Crippen molar-refractivity contribution in [3.63, 3.8) is 0 Å². The minimum Gasteiger partial charge on any atom is -0.368 e. The molecule has 0 bridgehead atoms. The maximum Gasteiger partial charge on any atom is 0.246 e. The van der Waals surface area contributed by atoms with Crippen LogP contribution in [0, 0.1) is 0 Å². The number of hydrazine groups is 1. The number of hydrogen-bond donors (Lipinski definition) is 2. The van der Waals surface area contributed by atoms with Crippen LogP contribution in [-0.2, 0) is 4.79 Å². The maximum absolute atomic E-state index is 12.9. The second kappa shape index (κ2) is 2.20.